The van der Waals surface area contributed by atoms with Crippen molar-refractivity contribution in [2.24, 2.45) is 4.99 Å². The Balaban J connectivity index is 1.64. The van der Waals surface area contributed by atoms with Crippen LogP contribution in [0.5, 0.6) is 0 Å². The number of anilines is 1. The van der Waals surface area contributed by atoms with Crippen LogP contribution in [0.25, 0.3) is 0 Å². The summed E-state index contributed by atoms with van der Waals surface area (Å²) in [6, 6.07) is 6.84. The molecule has 0 bridgehead atoms. The van der Waals surface area contributed by atoms with E-state index >= 15 is 0 Å². The number of carbonyl (C=O) groups excluding carboxylic acids is 1. The monoisotopic (exact) mass is 379 g/mol. The molecular weight excluding hydrogens is 352 g/mol. The highest BCUT2D eigenvalue weighted by atomic mass is 32.2. The van der Waals surface area contributed by atoms with E-state index in [0.717, 1.165) is 25.8 Å². The third-order valence-corrected chi connectivity index (χ3v) is 6.40. The summed E-state index contributed by atoms with van der Waals surface area (Å²) in [5.74, 6) is 0.415. The summed E-state index contributed by atoms with van der Waals surface area (Å²) in [5.41, 5.74) is 0.496. The minimum Gasteiger partial charge on any atom is -0.325 e. The lowest BCUT2D eigenvalue weighted by Gasteiger charge is -2.29. The third kappa shape index (κ3) is 4.82. The second-order valence-electron chi connectivity index (χ2n) is 7.10. The number of likely N-dealkylation sites (tertiary alicyclic amines) is 1. The van der Waals surface area contributed by atoms with Crippen molar-refractivity contribution < 1.29 is 18.1 Å². The summed E-state index contributed by atoms with van der Waals surface area (Å²) < 4.78 is 27.5. The van der Waals surface area contributed by atoms with Gasteiger partial charge in [-0.05, 0) is 50.8 Å². The maximum absolute atomic E-state index is 12.5. The number of piperidine rings is 1. The normalized spacial score (nSPS) is 23.3. The molecule has 0 radical (unpaired) electrons. The van der Waals surface area contributed by atoms with E-state index in [1.807, 2.05) is 0 Å². The molecule has 0 aliphatic carbocycles. The molecule has 1 aromatic carbocycles. The lowest BCUT2D eigenvalue weighted by atomic mass is 10.0. The fraction of sp³-hybridized carbons (Fsp3) is 0.556. The number of rotatable bonds is 5. The number of hydrogen-bond donors (Lipinski definition) is 3. The fourth-order valence-electron chi connectivity index (χ4n) is 3.51. The topological polar surface area (TPSA) is 92.1 Å². The van der Waals surface area contributed by atoms with Gasteiger partial charge in [-0.15, -0.1) is 0 Å². The van der Waals surface area contributed by atoms with Crippen molar-refractivity contribution in [2.75, 3.05) is 25.0 Å². The van der Waals surface area contributed by atoms with Gasteiger partial charge in [-0.3, -0.25) is 14.5 Å². The maximum Gasteiger partial charge on any atom is 0.279 e. The van der Waals surface area contributed by atoms with Crippen molar-refractivity contribution in [3.05, 3.63) is 24.3 Å². The molecule has 8 heteroatoms. The van der Waals surface area contributed by atoms with Gasteiger partial charge in [0.2, 0.25) is 0 Å². The molecule has 2 atom stereocenters. The zero-order valence-corrected chi connectivity index (χ0v) is 15.9. The highest BCUT2D eigenvalue weighted by molar-refractivity contribution is 7.90. The predicted molar refractivity (Wildman–Crippen MR) is 101 cm³/mol. The minimum absolute atomic E-state index is 0.0866. The Kier molecular flexibility index (Phi) is 5.93. The van der Waals surface area contributed by atoms with Gasteiger partial charge in [-0.2, -0.15) is 0 Å². The summed E-state index contributed by atoms with van der Waals surface area (Å²) in [4.78, 5) is 17.9. The number of amidine groups is 1. The van der Waals surface area contributed by atoms with E-state index in [1.165, 1.54) is 23.5 Å². The molecule has 1 fully saturated rings. The van der Waals surface area contributed by atoms with Crippen LogP contribution < -0.4 is 14.9 Å². The average Bonchev–Trinajstić information content (AvgIpc) is 3.09. The molecule has 2 heterocycles. The molecule has 26 heavy (non-hydrogen) atoms. The van der Waals surface area contributed by atoms with Crippen LogP contribution in [0, 0.1) is 0 Å². The standard InChI is InChI=1S/C18H26N4O3S/c1-14-6-2-3-11-22(14)13-18(23)20-15-7-4-8-16(12-15)26(24,25)21-17-9-5-10-19-17/h4,7-8,12,14H,2-3,5-6,9-11,13H2,1H3,(H,19,21)(H,20,23)/p+1/t14-/m0/s1. The van der Waals surface area contributed by atoms with E-state index in [0.29, 0.717) is 37.1 Å². The largest absolute Gasteiger partial charge is 0.325 e. The van der Waals surface area contributed by atoms with Gasteiger partial charge in [0.25, 0.3) is 15.9 Å². The van der Waals surface area contributed by atoms with Crippen LogP contribution in [-0.4, -0.2) is 45.8 Å². The Hall–Kier alpha value is -1.93. The van der Waals surface area contributed by atoms with Crippen LogP contribution in [-0.2, 0) is 14.8 Å². The molecule has 1 aromatic rings. The van der Waals surface area contributed by atoms with Crippen LogP contribution in [0.2, 0.25) is 0 Å². The minimum atomic E-state index is -3.68. The number of hydrogen-bond acceptors (Lipinski definition) is 4. The number of nitrogens with zero attached hydrogens (tertiary/aromatic N) is 1. The van der Waals surface area contributed by atoms with E-state index in [1.54, 1.807) is 12.1 Å². The van der Waals surface area contributed by atoms with Crippen molar-refractivity contribution in [1.29, 1.82) is 0 Å². The molecule has 1 unspecified atom stereocenters. The highest BCUT2D eigenvalue weighted by Gasteiger charge is 2.24. The maximum atomic E-state index is 12.5. The predicted octanol–water partition coefficient (Wildman–Crippen LogP) is 0.553. The second kappa shape index (κ2) is 8.18. The first-order valence-corrected chi connectivity index (χ1v) is 10.7. The van der Waals surface area contributed by atoms with Gasteiger partial charge < -0.3 is 10.2 Å². The molecule has 0 saturated carbocycles. The van der Waals surface area contributed by atoms with Gasteiger partial charge in [0.15, 0.2) is 6.54 Å². The Morgan fingerprint density at radius 2 is 2.15 bits per heavy atom. The Bertz CT molecular complexity index is 791. The average molecular weight is 380 g/mol. The summed E-state index contributed by atoms with van der Waals surface area (Å²) in [6.07, 6.45) is 5.03. The van der Waals surface area contributed by atoms with Crippen molar-refractivity contribution in [3.8, 4) is 0 Å². The van der Waals surface area contributed by atoms with E-state index in [-0.39, 0.29) is 10.8 Å². The second-order valence-corrected chi connectivity index (χ2v) is 8.78. The first-order valence-electron chi connectivity index (χ1n) is 9.25. The van der Waals surface area contributed by atoms with Gasteiger partial charge >= 0.3 is 0 Å². The van der Waals surface area contributed by atoms with E-state index in [4.69, 9.17) is 0 Å². The van der Waals surface area contributed by atoms with Crippen molar-refractivity contribution in [1.82, 2.24) is 4.72 Å². The Morgan fingerprint density at radius 1 is 1.31 bits per heavy atom. The lowest BCUT2D eigenvalue weighted by molar-refractivity contribution is -0.920. The van der Waals surface area contributed by atoms with Crippen molar-refractivity contribution >= 4 is 27.5 Å². The molecule has 1 amide bonds. The zero-order valence-electron chi connectivity index (χ0n) is 15.1. The van der Waals surface area contributed by atoms with Crippen LogP contribution in [0.4, 0.5) is 5.69 Å². The van der Waals surface area contributed by atoms with E-state index in [9.17, 15) is 13.2 Å². The molecule has 142 valence electrons. The van der Waals surface area contributed by atoms with Gasteiger partial charge in [0.05, 0.1) is 17.5 Å². The van der Waals surface area contributed by atoms with Gasteiger partial charge in [-0.1, -0.05) is 6.07 Å². The van der Waals surface area contributed by atoms with Crippen molar-refractivity contribution in [2.45, 2.75) is 50.0 Å². The molecule has 0 aromatic heterocycles. The molecule has 1 saturated heterocycles. The van der Waals surface area contributed by atoms with Crippen LogP contribution >= 0.6 is 0 Å². The number of amides is 1. The third-order valence-electron chi connectivity index (χ3n) is 5.02. The number of sulfonamides is 1. The fourth-order valence-corrected chi connectivity index (χ4v) is 4.64. The molecule has 0 spiro atoms. The Morgan fingerprint density at radius 3 is 2.88 bits per heavy atom. The smallest absolute Gasteiger partial charge is 0.279 e. The molecule has 2 aliphatic rings. The van der Waals surface area contributed by atoms with Crippen LogP contribution in [0.1, 0.15) is 39.0 Å². The SMILES string of the molecule is C[C@H]1CCCC[NH+]1CC(=O)Nc1cccc(S(=O)(=O)NC2=NCCC2)c1. The van der Waals surface area contributed by atoms with Gasteiger partial charge in [0, 0.05) is 18.7 Å². The number of benzene rings is 1. The summed E-state index contributed by atoms with van der Waals surface area (Å²) in [7, 11) is -3.68. The molecule has 2 aliphatic heterocycles. The van der Waals surface area contributed by atoms with E-state index < -0.39 is 10.0 Å². The quantitative estimate of drug-likeness (QED) is 0.698. The number of carbonyl (C=O) groups is 1. The van der Waals surface area contributed by atoms with Crippen LogP contribution in [0.3, 0.4) is 0 Å². The van der Waals surface area contributed by atoms with E-state index in [2.05, 4.69) is 22.0 Å². The molecule has 3 rings (SSSR count). The Labute approximate surface area is 154 Å². The highest BCUT2D eigenvalue weighted by Crippen LogP contribution is 2.16. The number of nitrogens with one attached hydrogen (secondary N) is 3. The summed E-state index contributed by atoms with van der Waals surface area (Å²) in [6.45, 7) is 4.25. The van der Waals surface area contributed by atoms with Gasteiger partial charge in [0.1, 0.15) is 5.84 Å². The molecule has 7 nitrogen and oxygen atoms in total. The van der Waals surface area contributed by atoms with Gasteiger partial charge in [-0.25, -0.2) is 8.42 Å². The zero-order chi connectivity index (χ0) is 18.6. The number of aliphatic imine (C=N–C) groups is 1. The lowest BCUT2D eigenvalue weighted by Crippen LogP contribution is -3.17. The molecular formula is C18H27N4O3S+. The summed E-state index contributed by atoms with van der Waals surface area (Å²) >= 11 is 0. The molecule has 3 N–H and O–H groups in total. The first kappa shape index (κ1) is 18.8. The van der Waals surface area contributed by atoms with Crippen molar-refractivity contribution in [3.63, 3.8) is 0 Å². The van der Waals surface area contributed by atoms with Crippen LogP contribution in [0.15, 0.2) is 34.2 Å². The number of quaternary nitrogens is 1. The summed E-state index contributed by atoms with van der Waals surface area (Å²) in [5, 5.41) is 2.83. The first-order chi connectivity index (χ1) is 12.4.